The smallest absolute Gasteiger partial charge is 0.375 e. The van der Waals surface area contributed by atoms with E-state index in [0.717, 1.165) is 6.07 Å². The largest absolute Gasteiger partial charge is 0.495 e. The fraction of sp³-hybridized carbons (Fsp3) is 0.154. The summed E-state index contributed by atoms with van der Waals surface area (Å²) in [5, 5.41) is 14.3. The number of fused-ring (bicyclic) bond motifs is 1. The first kappa shape index (κ1) is 24.3. The highest BCUT2D eigenvalue weighted by Crippen LogP contribution is 2.30. The van der Waals surface area contributed by atoms with Crippen molar-refractivity contribution in [1.29, 1.82) is 0 Å². The summed E-state index contributed by atoms with van der Waals surface area (Å²) in [6.07, 6.45) is -1.25. The maximum Gasteiger partial charge on any atom is 0.375 e. The summed E-state index contributed by atoms with van der Waals surface area (Å²) in [6, 6.07) is 19.9. The molecule has 0 saturated carbocycles. The zero-order valence-electron chi connectivity index (χ0n) is 19.4. The van der Waals surface area contributed by atoms with Crippen molar-refractivity contribution in [2.75, 3.05) is 12.4 Å². The van der Waals surface area contributed by atoms with E-state index in [2.05, 4.69) is 5.32 Å². The Morgan fingerprint density at radius 2 is 1.78 bits per heavy atom. The molecular weight excluding hydrogens is 468 g/mol. The summed E-state index contributed by atoms with van der Waals surface area (Å²) in [7, 11) is 1.36. The van der Waals surface area contributed by atoms with Gasteiger partial charge in [-0.2, -0.15) is 0 Å². The summed E-state index contributed by atoms with van der Waals surface area (Å²) in [5.41, 5.74) is 0.781. The summed E-state index contributed by atoms with van der Waals surface area (Å²) >= 11 is 0. The quantitative estimate of drug-likeness (QED) is 0.195. The van der Waals surface area contributed by atoms with Crippen LogP contribution in [0.4, 0.5) is 11.4 Å². The van der Waals surface area contributed by atoms with Crippen LogP contribution in [-0.4, -0.2) is 30.0 Å². The third-order valence-corrected chi connectivity index (χ3v) is 5.31. The number of nitro benzene ring substituents is 1. The Morgan fingerprint density at radius 3 is 2.50 bits per heavy atom. The number of hydrogen-bond donors (Lipinski definition) is 1. The fourth-order valence-corrected chi connectivity index (χ4v) is 3.49. The topological polar surface area (TPSA) is 130 Å². The van der Waals surface area contributed by atoms with E-state index in [-0.39, 0.29) is 29.5 Å². The number of amides is 1. The Bertz CT molecular complexity index is 1410. The summed E-state index contributed by atoms with van der Waals surface area (Å²) < 4.78 is 22.1. The number of carbonyl (C=O) groups is 2. The molecule has 0 aliphatic heterocycles. The van der Waals surface area contributed by atoms with E-state index < -0.39 is 22.9 Å². The van der Waals surface area contributed by atoms with Crippen molar-refractivity contribution >= 4 is 34.2 Å². The van der Waals surface area contributed by atoms with Crippen LogP contribution in [0, 0.1) is 10.1 Å². The lowest BCUT2D eigenvalue weighted by molar-refractivity contribution is -0.384. The van der Waals surface area contributed by atoms with Crippen LogP contribution in [0.25, 0.3) is 11.0 Å². The number of methoxy groups -OCH3 is 1. The molecule has 4 aromatic rings. The monoisotopic (exact) mass is 490 g/mol. The molecule has 36 heavy (non-hydrogen) atoms. The number of non-ortho nitro benzene ring substituents is 1. The minimum Gasteiger partial charge on any atom is -0.495 e. The molecule has 0 aliphatic carbocycles. The van der Waals surface area contributed by atoms with Gasteiger partial charge in [0.15, 0.2) is 6.10 Å². The molecule has 184 valence electrons. The normalized spacial score (nSPS) is 11.5. The Hall–Kier alpha value is -4.86. The van der Waals surface area contributed by atoms with Crippen molar-refractivity contribution in [3.8, 4) is 11.5 Å². The van der Waals surface area contributed by atoms with Crippen LogP contribution in [0.15, 0.2) is 77.2 Å². The molecule has 1 unspecified atom stereocenters. The number of ether oxygens (including phenoxy) is 3. The average molecular weight is 490 g/mol. The molecule has 0 saturated heterocycles. The third kappa shape index (κ3) is 5.27. The van der Waals surface area contributed by atoms with Crippen molar-refractivity contribution in [3.05, 3.63) is 94.2 Å². The zero-order chi connectivity index (χ0) is 25.7. The van der Waals surface area contributed by atoms with Crippen LogP contribution < -0.4 is 14.8 Å². The summed E-state index contributed by atoms with van der Waals surface area (Å²) in [6.45, 7) is 1.41. The van der Waals surface area contributed by atoms with Crippen molar-refractivity contribution in [1.82, 2.24) is 0 Å². The minimum absolute atomic E-state index is 0.0386. The van der Waals surface area contributed by atoms with Gasteiger partial charge >= 0.3 is 5.97 Å². The number of rotatable bonds is 9. The highest BCUT2D eigenvalue weighted by atomic mass is 16.6. The SMILES string of the molecule is COc1ccc([N+](=O)[O-])cc1NC(=O)C(C)OC(=O)c1oc2ccccc2c1COc1ccccc1. The molecule has 10 nitrogen and oxygen atoms in total. The number of esters is 1. The van der Waals surface area contributed by atoms with E-state index in [4.69, 9.17) is 18.6 Å². The maximum absolute atomic E-state index is 13.0. The predicted molar refractivity (Wildman–Crippen MR) is 130 cm³/mol. The summed E-state index contributed by atoms with van der Waals surface area (Å²) in [4.78, 5) is 36.2. The maximum atomic E-state index is 13.0. The number of carbonyl (C=O) groups excluding carboxylic acids is 2. The van der Waals surface area contributed by atoms with Crippen LogP contribution >= 0.6 is 0 Å². The van der Waals surface area contributed by atoms with Gasteiger partial charge in [-0.1, -0.05) is 36.4 Å². The lowest BCUT2D eigenvalue weighted by Crippen LogP contribution is -2.30. The molecule has 1 aromatic heterocycles. The Balaban J connectivity index is 1.52. The Kier molecular flexibility index (Phi) is 7.15. The standard InChI is InChI=1S/C26H22N2O8/c1-16(25(29)27-21-14-17(28(31)32)12-13-23(21)33-2)35-26(30)24-20(15-34-18-8-4-3-5-9-18)19-10-6-7-11-22(19)36-24/h3-14,16H,15H2,1-2H3,(H,27,29). The first-order valence-corrected chi connectivity index (χ1v) is 10.9. The number of para-hydroxylation sites is 2. The van der Waals surface area contributed by atoms with Gasteiger partial charge in [-0.15, -0.1) is 0 Å². The number of hydrogen-bond acceptors (Lipinski definition) is 8. The van der Waals surface area contributed by atoms with E-state index in [9.17, 15) is 19.7 Å². The fourth-order valence-electron chi connectivity index (χ4n) is 3.49. The number of benzene rings is 3. The molecule has 3 aromatic carbocycles. The van der Waals surface area contributed by atoms with Crippen LogP contribution in [0.2, 0.25) is 0 Å². The molecule has 1 N–H and O–H groups in total. The van der Waals surface area contributed by atoms with Crippen molar-refractivity contribution in [2.24, 2.45) is 0 Å². The van der Waals surface area contributed by atoms with Gasteiger partial charge in [0.25, 0.3) is 11.6 Å². The Labute approximate surface area is 205 Å². The molecule has 0 aliphatic rings. The van der Waals surface area contributed by atoms with E-state index >= 15 is 0 Å². The highest BCUT2D eigenvalue weighted by molar-refractivity contribution is 6.00. The summed E-state index contributed by atoms with van der Waals surface area (Å²) in [5.74, 6) is -0.822. The predicted octanol–water partition coefficient (Wildman–Crippen LogP) is 5.11. The van der Waals surface area contributed by atoms with Gasteiger partial charge in [0.1, 0.15) is 23.7 Å². The molecule has 0 bridgehead atoms. The van der Waals surface area contributed by atoms with Crippen LogP contribution in [-0.2, 0) is 16.1 Å². The molecule has 0 radical (unpaired) electrons. The molecule has 1 heterocycles. The van der Waals surface area contributed by atoms with Gasteiger partial charge in [-0.25, -0.2) is 4.79 Å². The minimum atomic E-state index is -1.25. The number of furan rings is 1. The lowest BCUT2D eigenvalue weighted by atomic mass is 10.1. The first-order valence-electron chi connectivity index (χ1n) is 10.9. The molecular formula is C26H22N2O8. The second-order valence-electron chi connectivity index (χ2n) is 7.69. The van der Waals surface area contributed by atoms with Gasteiger partial charge in [0, 0.05) is 17.5 Å². The van der Waals surface area contributed by atoms with Crippen LogP contribution in [0.3, 0.4) is 0 Å². The van der Waals surface area contributed by atoms with Crippen molar-refractivity contribution in [2.45, 2.75) is 19.6 Å². The number of nitrogens with zero attached hydrogens (tertiary/aromatic N) is 1. The van der Waals surface area contributed by atoms with Crippen molar-refractivity contribution < 1.29 is 33.1 Å². The first-order chi connectivity index (χ1) is 17.4. The highest BCUT2D eigenvalue weighted by Gasteiger charge is 2.27. The second-order valence-corrected chi connectivity index (χ2v) is 7.69. The molecule has 0 spiro atoms. The number of nitrogens with one attached hydrogen (secondary N) is 1. The number of anilines is 1. The van der Waals surface area contributed by atoms with Gasteiger partial charge in [0.2, 0.25) is 5.76 Å². The van der Waals surface area contributed by atoms with E-state index in [1.54, 1.807) is 30.3 Å². The van der Waals surface area contributed by atoms with Crippen molar-refractivity contribution in [3.63, 3.8) is 0 Å². The zero-order valence-corrected chi connectivity index (χ0v) is 19.4. The number of nitro groups is 1. The van der Waals surface area contributed by atoms with E-state index in [1.165, 1.54) is 26.2 Å². The second kappa shape index (κ2) is 10.6. The average Bonchev–Trinajstić information content (AvgIpc) is 3.26. The van der Waals surface area contributed by atoms with Crippen LogP contribution in [0.5, 0.6) is 11.5 Å². The molecule has 1 atom stereocenters. The molecule has 1 amide bonds. The van der Waals surface area contributed by atoms with Gasteiger partial charge in [-0.3, -0.25) is 14.9 Å². The third-order valence-electron chi connectivity index (χ3n) is 5.31. The Morgan fingerprint density at radius 1 is 1.06 bits per heavy atom. The van der Waals surface area contributed by atoms with Crippen LogP contribution in [0.1, 0.15) is 23.0 Å². The van der Waals surface area contributed by atoms with Gasteiger partial charge < -0.3 is 23.9 Å². The molecule has 10 heteroatoms. The van der Waals surface area contributed by atoms with Gasteiger partial charge in [-0.05, 0) is 31.2 Å². The van der Waals surface area contributed by atoms with Gasteiger partial charge in [0.05, 0.1) is 23.3 Å². The molecule has 4 rings (SSSR count). The lowest BCUT2D eigenvalue weighted by Gasteiger charge is -2.15. The molecule has 0 fully saturated rings. The van der Waals surface area contributed by atoms with E-state index in [1.807, 2.05) is 24.3 Å². The van der Waals surface area contributed by atoms with E-state index in [0.29, 0.717) is 22.3 Å².